The fraction of sp³-hybridized carbons (Fsp3) is 0.222. The van der Waals surface area contributed by atoms with Gasteiger partial charge in [-0.25, -0.2) is 9.78 Å². The number of nitrogens with one attached hydrogen (secondary N) is 2. The summed E-state index contributed by atoms with van der Waals surface area (Å²) in [6, 6.07) is 6.12. The third-order valence-electron chi connectivity index (χ3n) is 4.17. The highest BCUT2D eigenvalue weighted by Gasteiger charge is 2.36. The van der Waals surface area contributed by atoms with E-state index in [1.54, 1.807) is 0 Å². The standard InChI is InChI=1S/C18H11Cl2F3N4O3/c19-11-3-8(1-2-9(11)5-24)14(27-16(28)13-7-26-17(29)30-13)10-4-12(20)15(25-6-10)18(21,22)23/h1-4,6,13-14H,7H2,(H,26,29)(H,27,28)/t13-,14+/m0/s1. The molecule has 0 radical (unpaired) electrons. The van der Waals surface area contributed by atoms with E-state index < -0.39 is 41.0 Å². The van der Waals surface area contributed by atoms with Crippen molar-refractivity contribution in [3.8, 4) is 6.07 Å². The summed E-state index contributed by atoms with van der Waals surface area (Å²) < 4.78 is 43.7. The second-order valence-electron chi connectivity index (χ2n) is 6.16. The third kappa shape index (κ3) is 4.58. The lowest BCUT2D eigenvalue weighted by atomic mass is 9.98. The van der Waals surface area contributed by atoms with Gasteiger partial charge in [-0.3, -0.25) is 4.79 Å². The molecule has 2 N–H and O–H groups in total. The maximum Gasteiger partial charge on any atom is 0.434 e. The molecule has 1 aliphatic rings. The molecule has 2 amide bonds. The number of aromatic nitrogens is 1. The van der Waals surface area contributed by atoms with Crippen molar-refractivity contribution in [2.45, 2.75) is 18.3 Å². The first kappa shape index (κ1) is 21.7. The Morgan fingerprint density at radius 1 is 1.30 bits per heavy atom. The molecule has 1 aromatic heterocycles. The van der Waals surface area contributed by atoms with Crippen LogP contribution in [0.15, 0.2) is 30.5 Å². The minimum Gasteiger partial charge on any atom is -0.434 e. The van der Waals surface area contributed by atoms with Crippen LogP contribution in [0.25, 0.3) is 0 Å². The van der Waals surface area contributed by atoms with Gasteiger partial charge in [0.25, 0.3) is 5.91 Å². The number of nitrogens with zero attached hydrogens (tertiary/aromatic N) is 2. The van der Waals surface area contributed by atoms with Gasteiger partial charge in [0, 0.05) is 6.20 Å². The lowest BCUT2D eigenvalue weighted by Gasteiger charge is -2.22. The topological polar surface area (TPSA) is 104 Å². The molecule has 156 valence electrons. The Morgan fingerprint density at radius 3 is 2.53 bits per heavy atom. The fourth-order valence-corrected chi connectivity index (χ4v) is 3.26. The Balaban J connectivity index is 2.00. The van der Waals surface area contributed by atoms with Crippen LogP contribution in [0.4, 0.5) is 18.0 Å². The predicted molar refractivity (Wildman–Crippen MR) is 98.7 cm³/mol. The molecule has 2 heterocycles. The second-order valence-corrected chi connectivity index (χ2v) is 6.98. The van der Waals surface area contributed by atoms with Gasteiger partial charge in [0.05, 0.1) is 28.2 Å². The Kier molecular flexibility index (Phi) is 6.05. The van der Waals surface area contributed by atoms with Crippen LogP contribution in [0.3, 0.4) is 0 Å². The van der Waals surface area contributed by atoms with Gasteiger partial charge in [0.15, 0.2) is 11.8 Å². The predicted octanol–water partition coefficient (Wildman–Crippen LogP) is 3.59. The molecule has 0 unspecified atom stereocenters. The van der Waals surface area contributed by atoms with Crippen LogP contribution in [0.2, 0.25) is 10.0 Å². The number of hydrogen-bond acceptors (Lipinski definition) is 5. The summed E-state index contributed by atoms with van der Waals surface area (Å²) in [4.78, 5) is 27.1. The van der Waals surface area contributed by atoms with E-state index in [1.807, 2.05) is 6.07 Å². The number of nitriles is 1. The van der Waals surface area contributed by atoms with Crippen LogP contribution in [-0.2, 0) is 15.7 Å². The smallest absolute Gasteiger partial charge is 0.434 e. The molecule has 1 aromatic carbocycles. The quantitative estimate of drug-likeness (QED) is 0.728. The fourth-order valence-electron chi connectivity index (χ4n) is 2.75. The van der Waals surface area contributed by atoms with E-state index in [0.29, 0.717) is 5.56 Å². The second kappa shape index (κ2) is 8.38. The Hall–Kier alpha value is -3.03. The largest absolute Gasteiger partial charge is 0.434 e. The van der Waals surface area contributed by atoms with Crippen molar-refractivity contribution in [1.82, 2.24) is 15.6 Å². The van der Waals surface area contributed by atoms with Crippen molar-refractivity contribution in [2.24, 2.45) is 0 Å². The highest BCUT2D eigenvalue weighted by molar-refractivity contribution is 6.32. The molecule has 2 aromatic rings. The molecule has 12 heteroatoms. The molecule has 1 fully saturated rings. The maximum atomic E-state index is 13.0. The Bertz CT molecular complexity index is 1060. The zero-order chi connectivity index (χ0) is 22.1. The number of rotatable bonds is 4. The van der Waals surface area contributed by atoms with Crippen LogP contribution in [-0.4, -0.2) is 29.6 Å². The van der Waals surface area contributed by atoms with Gasteiger partial charge in [0.1, 0.15) is 6.07 Å². The van der Waals surface area contributed by atoms with Gasteiger partial charge in [-0.15, -0.1) is 0 Å². The highest BCUT2D eigenvalue weighted by Crippen LogP contribution is 2.35. The summed E-state index contributed by atoms with van der Waals surface area (Å²) in [5.74, 6) is -0.699. The first-order valence-electron chi connectivity index (χ1n) is 8.27. The zero-order valence-corrected chi connectivity index (χ0v) is 16.3. The van der Waals surface area contributed by atoms with Gasteiger partial charge >= 0.3 is 12.3 Å². The molecule has 0 saturated carbocycles. The van der Waals surface area contributed by atoms with Gasteiger partial charge in [-0.1, -0.05) is 29.3 Å². The van der Waals surface area contributed by atoms with E-state index in [0.717, 1.165) is 12.3 Å². The van der Waals surface area contributed by atoms with E-state index >= 15 is 0 Å². The van der Waals surface area contributed by atoms with E-state index in [4.69, 9.17) is 33.2 Å². The summed E-state index contributed by atoms with van der Waals surface area (Å²) in [5, 5.41) is 13.4. The summed E-state index contributed by atoms with van der Waals surface area (Å²) in [6.07, 6.45) is -5.74. The van der Waals surface area contributed by atoms with E-state index in [1.165, 1.54) is 18.2 Å². The number of alkyl carbamates (subject to hydrolysis) is 1. The Morgan fingerprint density at radius 2 is 2.00 bits per heavy atom. The molecular weight excluding hydrogens is 448 g/mol. The number of alkyl halides is 3. The maximum absolute atomic E-state index is 13.0. The van der Waals surface area contributed by atoms with Crippen molar-refractivity contribution >= 4 is 35.2 Å². The SMILES string of the molecule is N#Cc1ccc([C@@H](NC(=O)[C@@H]2CNC(=O)O2)c2cnc(C(F)(F)F)c(Cl)c2)cc1Cl. The zero-order valence-electron chi connectivity index (χ0n) is 14.8. The van der Waals surface area contributed by atoms with Crippen molar-refractivity contribution in [3.63, 3.8) is 0 Å². The highest BCUT2D eigenvalue weighted by atomic mass is 35.5. The van der Waals surface area contributed by atoms with Crippen molar-refractivity contribution < 1.29 is 27.5 Å². The molecule has 0 spiro atoms. The average molecular weight is 459 g/mol. The number of ether oxygens (including phenoxy) is 1. The lowest BCUT2D eigenvalue weighted by molar-refractivity contribution is -0.141. The first-order valence-corrected chi connectivity index (χ1v) is 9.02. The summed E-state index contributed by atoms with van der Waals surface area (Å²) in [6.45, 7) is -0.0719. The number of carbonyl (C=O) groups excluding carboxylic acids is 2. The van der Waals surface area contributed by atoms with E-state index in [9.17, 15) is 22.8 Å². The van der Waals surface area contributed by atoms with Gasteiger partial charge in [-0.2, -0.15) is 18.4 Å². The lowest BCUT2D eigenvalue weighted by Crippen LogP contribution is -2.39. The minimum atomic E-state index is -4.75. The van der Waals surface area contributed by atoms with Gasteiger partial charge in [-0.05, 0) is 29.3 Å². The minimum absolute atomic E-state index is 0.0719. The molecule has 1 saturated heterocycles. The van der Waals surface area contributed by atoms with Crippen LogP contribution >= 0.6 is 23.2 Å². The molecule has 1 aliphatic heterocycles. The first-order chi connectivity index (χ1) is 14.1. The molecular formula is C18H11Cl2F3N4O3. The third-order valence-corrected chi connectivity index (χ3v) is 4.77. The molecule has 2 atom stereocenters. The average Bonchev–Trinajstić information content (AvgIpc) is 3.11. The normalized spacial score (nSPS) is 16.9. The Labute approximate surface area is 177 Å². The number of cyclic esters (lactones) is 1. The van der Waals surface area contributed by atoms with E-state index in [2.05, 4.69) is 15.6 Å². The molecule has 7 nitrogen and oxygen atoms in total. The molecule has 3 rings (SSSR count). The van der Waals surface area contributed by atoms with Crippen molar-refractivity contribution in [3.05, 3.63) is 62.9 Å². The number of amides is 2. The molecule has 30 heavy (non-hydrogen) atoms. The van der Waals surface area contributed by atoms with E-state index in [-0.39, 0.29) is 22.7 Å². The number of hydrogen-bond donors (Lipinski definition) is 2. The monoisotopic (exact) mass is 458 g/mol. The van der Waals surface area contributed by atoms with Crippen LogP contribution < -0.4 is 10.6 Å². The number of pyridine rings is 1. The number of benzene rings is 1. The summed E-state index contributed by atoms with van der Waals surface area (Å²) >= 11 is 11.8. The van der Waals surface area contributed by atoms with Crippen molar-refractivity contribution in [1.29, 1.82) is 5.26 Å². The van der Waals surface area contributed by atoms with Crippen LogP contribution in [0.1, 0.15) is 28.4 Å². The summed E-state index contributed by atoms with van der Waals surface area (Å²) in [7, 11) is 0. The summed E-state index contributed by atoms with van der Waals surface area (Å²) in [5.41, 5.74) is -0.630. The molecule has 0 aliphatic carbocycles. The van der Waals surface area contributed by atoms with Crippen molar-refractivity contribution in [2.75, 3.05) is 6.54 Å². The van der Waals surface area contributed by atoms with Gasteiger partial charge in [0.2, 0.25) is 0 Å². The van der Waals surface area contributed by atoms with Gasteiger partial charge < -0.3 is 15.4 Å². The number of halogens is 5. The number of carbonyl (C=O) groups is 2. The van der Waals surface area contributed by atoms with Crippen LogP contribution in [0, 0.1) is 11.3 Å². The molecule has 0 bridgehead atoms. The van der Waals surface area contributed by atoms with Crippen LogP contribution in [0.5, 0.6) is 0 Å².